The predicted molar refractivity (Wildman–Crippen MR) is 82.8 cm³/mol. The second-order valence-corrected chi connectivity index (χ2v) is 5.26. The molecule has 0 aliphatic carbocycles. The van der Waals surface area contributed by atoms with Crippen LogP contribution in [0.3, 0.4) is 0 Å². The zero-order valence-corrected chi connectivity index (χ0v) is 13.3. The Kier molecular flexibility index (Phi) is 11.7. The van der Waals surface area contributed by atoms with Crippen molar-refractivity contribution in [3.8, 4) is 0 Å². The van der Waals surface area contributed by atoms with Crippen LogP contribution in [0.25, 0.3) is 0 Å². The van der Waals surface area contributed by atoms with E-state index < -0.39 is 0 Å². The first-order valence-electron chi connectivity index (χ1n) is 7.22. The number of hydrogen-bond acceptors (Lipinski definition) is 3. The Morgan fingerprint density at radius 3 is 2.47 bits per heavy atom. The normalized spacial score (nSPS) is 12.3. The van der Waals surface area contributed by atoms with E-state index in [1.54, 1.807) is 7.11 Å². The average molecular weight is 272 g/mol. The van der Waals surface area contributed by atoms with E-state index in [1.807, 2.05) is 7.05 Å². The van der Waals surface area contributed by atoms with Gasteiger partial charge < -0.3 is 20.3 Å². The third kappa shape index (κ3) is 12.0. The zero-order valence-electron chi connectivity index (χ0n) is 13.3. The van der Waals surface area contributed by atoms with Crippen LogP contribution in [0, 0.1) is 5.92 Å². The molecule has 0 unspecified atom stereocenters. The molecule has 19 heavy (non-hydrogen) atoms. The molecule has 2 N–H and O–H groups in total. The number of aliphatic imine (C=N–C) groups is 1. The SMILES string of the molecule is CN=C(NCCCN(C)CCOC)NCCC(C)C. The minimum absolute atomic E-state index is 0.722. The first-order chi connectivity index (χ1) is 9.10. The van der Waals surface area contributed by atoms with Gasteiger partial charge in [0.25, 0.3) is 0 Å². The molecule has 0 radical (unpaired) electrons. The van der Waals surface area contributed by atoms with E-state index >= 15 is 0 Å². The summed E-state index contributed by atoms with van der Waals surface area (Å²) < 4.78 is 5.05. The summed E-state index contributed by atoms with van der Waals surface area (Å²) >= 11 is 0. The molecule has 0 rings (SSSR count). The quantitative estimate of drug-likeness (QED) is 0.356. The van der Waals surface area contributed by atoms with Gasteiger partial charge in [-0.2, -0.15) is 0 Å². The Morgan fingerprint density at radius 1 is 1.21 bits per heavy atom. The van der Waals surface area contributed by atoms with Crippen LogP contribution < -0.4 is 10.6 Å². The number of nitrogens with zero attached hydrogens (tertiary/aromatic N) is 2. The van der Waals surface area contributed by atoms with Crippen molar-refractivity contribution < 1.29 is 4.74 Å². The summed E-state index contributed by atoms with van der Waals surface area (Å²) in [6.07, 6.45) is 2.27. The van der Waals surface area contributed by atoms with Crippen molar-refractivity contribution in [2.75, 3.05) is 54.0 Å². The van der Waals surface area contributed by atoms with Crippen LogP contribution in [-0.2, 0) is 4.74 Å². The van der Waals surface area contributed by atoms with Gasteiger partial charge in [0, 0.05) is 33.8 Å². The number of nitrogens with one attached hydrogen (secondary N) is 2. The molecular weight excluding hydrogens is 240 g/mol. The number of likely N-dealkylation sites (N-methyl/N-ethyl adjacent to an activating group) is 1. The van der Waals surface area contributed by atoms with Gasteiger partial charge in [0.15, 0.2) is 5.96 Å². The van der Waals surface area contributed by atoms with Crippen LogP contribution in [0.4, 0.5) is 0 Å². The maximum Gasteiger partial charge on any atom is 0.190 e. The Morgan fingerprint density at radius 2 is 1.89 bits per heavy atom. The maximum absolute atomic E-state index is 5.05. The van der Waals surface area contributed by atoms with Gasteiger partial charge in [-0.25, -0.2) is 0 Å². The summed E-state index contributed by atoms with van der Waals surface area (Å²) in [7, 11) is 5.67. The van der Waals surface area contributed by atoms with Crippen LogP contribution in [0.1, 0.15) is 26.7 Å². The molecule has 5 heteroatoms. The minimum Gasteiger partial charge on any atom is -0.383 e. The molecular formula is C14H32N4O. The van der Waals surface area contributed by atoms with Gasteiger partial charge >= 0.3 is 0 Å². The third-order valence-electron chi connectivity index (χ3n) is 2.92. The van der Waals surface area contributed by atoms with Gasteiger partial charge in [0.2, 0.25) is 0 Å². The predicted octanol–water partition coefficient (Wildman–Crippen LogP) is 1.17. The number of hydrogen-bond donors (Lipinski definition) is 2. The molecule has 0 bridgehead atoms. The lowest BCUT2D eigenvalue weighted by Crippen LogP contribution is -2.39. The van der Waals surface area contributed by atoms with Crippen molar-refractivity contribution in [1.82, 2.24) is 15.5 Å². The van der Waals surface area contributed by atoms with Gasteiger partial charge in [-0.05, 0) is 32.4 Å². The van der Waals surface area contributed by atoms with E-state index in [9.17, 15) is 0 Å². The molecule has 0 aliphatic rings. The van der Waals surface area contributed by atoms with Crippen LogP contribution in [-0.4, -0.2) is 64.9 Å². The zero-order chi connectivity index (χ0) is 14.5. The van der Waals surface area contributed by atoms with Crippen molar-refractivity contribution in [3.63, 3.8) is 0 Å². The maximum atomic E-state index is 5.05. The summed E-state index contributed by atoms with van der Waals surface area (Å²) in [5.41, 5.74) is 0. The standard InChI is InChI=1S/C14H32N4O/c1-13(2)7-9-17-14(15-3)16-8-6-10-18(4)11-12-19-5/h13H,6-12H2,1-5H3,(H2,15,16,17). The lowest BCUT2D eigenvalue weighted by Gasteiger charge is -2.17. The Balaban J connectivity index is 3.56. The lowest BCUT2D eigenvalue weighted by atomic mass is 10.1. The third-order valence-corrected chi connectivity index (χ3v) is 2.92. The van der Waals surface area contributed by atoms with Crippen molar-refractivity contribution in [2.24, 2.45) is 10.9 Å². The van der Waals surface area contributed by atoms with Crippen LogP contribution in [0.2, 0.25) is 0 Å². The fourth-order valence-corrected chi connectivity index (χ4v) is 1.61. The van der Waals surface area contributed by atoms with Crippen molar-refractivity contribution in [3.05, 3.63) is 0 Å². The van der Waals surface area contributed by atoms with Gasteiger partial charge in [-0.1, -0.05) is 13.8 Å². The Hall–Kier alpha value is -0.810. The molecule has 0 aromatic rings. The van der Waals surface area contributed by atoms with Gasteiger partial charge in [0.05, 0.1) is 6.61 Å². The molecule has 0 spiro atoms. The second-order valence-electron chi connectivity index (χ2n) is 5.26. The van der Waals surface area contributed by atoms with E-state index in [1.165, 1.54) is 6.42 Å². The smallest absolute Gasteiger partial charge is 0.190 e. The molecule has 0 aliphatic heterocycles. The van der Waals surface area contributed by atoms with Crippen LogP contribution in [0.5, 0.6) is 0 Å². The highest BCUT2D eigenvalue weighted by Crippen LogP contribution is 1.96. The molecule has 114 valence electrons. The van der Waals surface area contributed by atoms with E-state index in [0.717, 1.165) is 51.1 Å². The highest BCUT2D eigenvalue weighted by atomic mass is 16.5. The van der Waals surface area contributed by atoms with Gasteiger partial charge in [0.1, 0.15) is 0 Å². The molecule has 0 aromatic heterocycles. The largest absolute Gasteiger partial charge is 0.383 e. The van der Waals surface area contributed by atoms with Gasteiger partial charge in [-0.15, -0.1) is 0 Å². The number of rotatable bonds is 10. The number of methoxy groups -OCH3 is 1. The van der Waals surface area contributed by atoms with E-state index in [4.69, 9.17) is 4.74 Å². The van der Waals surface area contributed by atoms with Crippen molar-refractivity contribution >= 4 is 5.96 Å². The molecule has 5 nitrogen and oxygen atoms in total. The number of guanidine groups is 1. The molecule has 0 atom stereocenters. The Labute approximate surface area is 118 Å². The summed E-state index contributed by atoms with van der Waals surface area (Å²) in [6, 6.07) is 0. The molecule has 0 aromatic carbocycles. The first kappa shape index (κ1) is 18.2. The topological polar surface area (TPSA) is 48.9 Å². The molecule has 0 amide bonds. The molecule has 0 saturated carbocycles. The summed E-state index contributed by atoms with van der Waals surface area (Å²) in [5, 5.41) is 6.66. The highest BCUT2D eigenvalue weighted by Gasteiger charge is 2.00. The molecule has 0 fully saturated rings. The first-order valence-corrected chi connectivity index (χ1v) is 7.22. The molecule has 0 heterocycles. The van der Waals surface area contributed by atoms with Crippen molar-refractivity contribution in [1.29, 1.82) is 0 Å². The van der Waals surface area contributed by atoms with Crippen LogP contribution in [0.15, 0.2) is 4.99 Å². The summed E-state index contributed by atoms with van der Waals surface area (Å²) in [4.78, 5) is 6.49. The van der Waals surface area contributed by atoms with E-state index in [2.05, 4.69) is 41.4 Å². The number of ether oxygens (including phenoxy) is 1. The fourth-order valence-electron chi connectivity index (χ4n) is 1.61. The van der Waals surface area contributed by atoms with E-state index in [0.29, 0.717) is 0 Å². The fraction of sp³-hybridized carbons (Fsp3) is 0.929. The highest BCUT2D eigenvalue weighted by molar-refractivity contribution is 5.79. The summed E-state index contributed by atoms with van der Waals surface area (Å²) in [5.74, 6) is 1.63. The summed E-state index contributed by atoms with van der Waals surface area (Å²) in [6.45, 7) is 9.23. The van der Waals surface area contributed by atoms with E-state index in [-0.39, 0.29) is 0 Å². The second kappa shape index (κ2) is 12.2. The monoisotopic (exact) mass is 272 g/mol. The Bertz CT molecular complexity index is 231. The van der Waals surface area contributed by atoms with Crippen molar-refractivity contribution in [2.45, 2.75) is 26.7 Å². The van der Waals surface area contributed by atoms with Crippen LogP contribution >= 0.6 is 0 Å². The lowest BCUT2D eigenvalue weighted by molar-refractivity contribution is 0.161. The minimum atomic E-state index is 0.722. The average Bonchev–Trinajstić information content (AvgIpc) is 2.38. The van der Waals surface area contributed by atoms with Gasteiger partial charge in [-0.3, -0.25) is 4.99 Å². The molecule has 0 saturated heterocycles.